The van der Waals surface area contributed by atoms with E-state index >= 15 is 0 Å². The number of rotatable bonds is 8. The third-order valence-electron chi connectivity index (χ3n) is 4.86. The average Bonchev–Trinajstić information content (AvgIpc) is 3.18. The molecule has 12 heteroatoms. The molecular formula is C22H21Cl2N3O7. The topological polar surface area (TPSA) is 123 Å². The minimum Gasteiger partial charge on any atom is -0.497 e. The Bertz CT molecular complexity index is 1100. The highest BCUT2D eigenvalue weighted by atomic mass is 35.5. The molecule has 0 aliphatic carbocycles. The number of hydrazine groups is 1. The number of amides is 3. The highest BCUT2D eigenvalue weighted by Crippen LogP contribution is 2.26. The lowest BCUT2D eigenvalue weighted by Gasteiger charge is -2.18. The maximum absolute atomic E-state index is 12.6. The van der Waals surface area contributed by atoms with E-state index in [1.807, 2.05) is 0 Å². The molecule has 2 aromatic carbocycles. The predicted molar refractivity (Wildman–Crippen MR) is 123 cm³/mol. The van der Waals surface area contributed by atoms with E-state index < -0.39 is 36.2 Å². The van der Waals surface area contributed by atoms with Crippen molar-refractivity contribution in [3.63, 3.8) is 0 Å². The summed E-state index contributed by atoms with van der Waals surface area (Å²) >= 11 is 11.8. The van der Waals surface area contributed by atoms with Crippen LogP contribution in [0.15, 0.2) is 36.4 Å². The molecule has 1 fully saturated rings. The Morgan fingerprint density at radius 2 is 1.74 bits per heavy atom. The van der Waals surface area contributed by atoms with Gasteiger partial charge in [-0.15, -0.1) is 0 Å². The number of esters is 1. The number of nitrogens with zero attached hydrogens (tertiary/aromatic N) is 1. The van der Waals surface area contributed by atoms with Crippen molar-refractivity contribution in [2.24, 2.45) is 5.92 Å². The highest BCUT2D eigenvalue weighted by molar-refractivity contribution is 6.36. The van der Waals surface area contributed by atoms with Crippen LogP contribution in [0.4, 0.5) is 5.69 Å². The van der Waals surface area contributed by atoms with Crippen molar-refractivity contribution in [3.8, 4) is 11.5 Å². The van der Waals surface area contributed by atoms with Crippen LogP contribution in [0, 0.1) is 5.92 Å². The van der Waals surface area contributed by atoms with Gasteiger partial charge in [0.05, 0.1) is 37.4 Å². The monoisotopic (exact) mass is 509 g/mol. The second-order valence-electron chi connectivity index (χ2n) is 7.23. The van der Waals surface area contributed by atoms with E-state index in [-0.39, 0.29) is 23.6 Å². The van der Waals surface area contributed by atoms with Crippen LogP contribution >= 0.6 is 23.2 Å². The molecule has 2 aromatic rings. The van der Waals surface area contributed by atoms with Crippen LogP contribution in [0.2, 0.25) is 10.0 Å². The normalized spacial score (nSPS) is 15.0. The highest BCUT2D eigenvalue weighted by Gasteiger charge is 2.37. The van der Waals surface area contributed by atoms with Gasteiger partial charge in [0.1, 0.15) is 11.5 Å². The van der Waals surface area contributed by atoms with Gasteiger partial charge in [-0.25, -0.2) is 0 Å². The summed E-state index contributed by atoms with van der Waals surface area (Å²) < 4.78 is 15.3. The van der Waals surface area contributed by atoms with Crippen LogP contribution < -0.4 is 20.2 Å². The zero-order chi connectivity index (χ0) is 24.8. The first-order chi connectivity index (χ1) is 16.2. The zero-order valence-corrected chi connectivity index (χ0v) is 19.7. The summed E-state index contributed by atoms with van der Waals surface area (Å²) in [4.78, 5) is 49.3. The summed E-state index contributed by atoms with van der Waals surface area (Å²) in [5.41, 5.74) is 2.97. The van der Waals surface area contributed by atoms with E-state index in [1.54, 1.807) is 12.1 Å². The Labute approximate surface area is 205 Å². The molecule has 180 valence electrons. The first-order valence-electron chi connectivity index (χ1n) is 9.96. The average molecular weight is 510 g/mol. The van der Waals surface area contributed by atoms with Gasteiger partial charge in [-0.05, 0) is 30.3 Å². The van der Waals surface area contributed by atoms with E-state index in [0.29, 0.717) is 22.2 Å². The molecule has 1 aliphatic heterocycles. The molecule has 0 aromatic heterocycles. The third kappa shape index (κ3) is 6.30. The van der Waals surface area contributed by atoms with Crippen LogP contribution in [-0.2, 0) is 19.1 Å². The number of benzene rings is 2. The molecule has 2 N–H and O–H groups in total. The van der Waals surface area contributed by atoms with Crippen LogP contribution in [0.5, 0.6) is 11.5 Å². The number of carbonyl (C=O) groups is 4. The van der Waals surface area contributed by atoms with E-state index in [0.717, 1.165) is 5.01 Å². The lowest BCUT2D eigenvalue weighted by Crippen LogP contribution is -2.43. The van der Waals surface area contributed by atoms with Crippen molar-refractivity contribution in [2.75, 3.05) is 32.7 Å². The summed E-state index contributed by atoms with van der Waals surface area (Å²) in [6.45, 7) is -0.673. The summed E-state index contributed by atoms with van der Waals surface area (Å²) in [5, 5.41) is 4.17. The number of anilines is 1. The number of hydrogen-bond donors (Lipinski definition) is 2. The molecule has 1 heterocycles. The fraction of sp³-hybridized carbons (Fsp3) is 0.273. The van der Waals surface area contributed by atoms with Gasteiger partial charge in [0.2, 0.25) is 5.91 Å². The third-order valence-corrected chi connectivity index (χ3v) is 5.41. The molecule has 0 unspecified atom stereocenters. The molecule has 10 nitrogen and oxygen atoms in total. The fourth-order valence-corrected chi connectivity index (χ4v) is 3.59. The van der Waals surface area contributed by atoms with Crippen LogP contribution in [0.25, 0.3) is 0 Å². The summed E-state index contributed by atoms with van der Waals surface area (Å²) in [6.07, 6.45) is -0.175. The van der Waals surface area contributed by atoms with Crippen molar-refractivity contribution in [1.29, 1.82) is 0 Å². The minimum absolute atomic E-state index is 0.102. The molecule has 3 rings (SSSR count). The summed E-state index contributed by atoms with van der Waals surface area (Å²) in [5.74, 6) is -2.46. The van der Waals surface area contributed by atoms with Gasteiger partial charge in [0, 0.05) is 23.1 Å². The Morgan fingerprint density at radius 1 is 1.06 bits per heavy atom. The van der Waals surface area contributed by atoms with Gasteiger partial charge in [-0.3, -0.25) is 29.6 Å². The smallest absolute Gasteiger partial charge is 0.311 e. The molecule has 0 bridgehead atoms. The van der Waals surface area contributed by atoms with Crippen molar-refractivity contribution in [3.05, 3.63) is 52.0 Å². The van der Waals surface area contributed by atoms with Crippen LogP contribution in [0.3, 0.4) is 0 Å². The molecule has 0 spiro atoms. The molecule has 3 amide bonds. The Hall–Kier alpha value is -3.50. The first-order valence-corrected chi connectivity index (χ1v) is 10.7. The zero-order valence-electron chi connectivity index (χ0n) is 18.2. The van der Waals surface area contributed by atoms with Crippen molar-refractivity contribution >= 4 is 52.6 Å². The lowest BCUT2D eigenvalue weighted by atomic mass is 10.1. The van der Waals surface area contributed by atoms with Crippen molar-refractivity contribution in [1.82, 2.24) is 10.4 Å². The van der Waals surface area contributed by atoms with E-state index in [4.69, 9.17) is 37.4 Å². The number of halogens is 2. The lowest BCUT2D eigenvalue weighted by molar-refractivity contribution is -0.151. The maximum atomic E-state index is 12.6. The van der Waals surface area contributed by atoms with Crippen molar-refractivity contribution < 1.29 is 33.4 Å². The van der Waals surface area contributed by atoms with E-state index in [9.17, 15) is 19.2 Å². The quantitative estimate of drug-likeness (QED) is 0.524. The number of methoxy groups -OCH3 is 2. The molecular weight excluding hydrogens is 489 g/mol. The number of ether oxygens (including phenoxy) is 3. The predicted octanol–water partition coefficient (Wildman–Crippen LogP) is 2.69. The number of nitrogens with one attached hydrogen (secondary N) is 2. The van der Waals surface area contributed by atoms with Gasteiger partial charge in [-0.2, -0.15) is 0 Å². The SMILES string of the molecule is COc1cc(OC)cc(C(=O)NN2C[C@@H](C(=O)OCC(=O)Nc3ccc(Cl)cc3Cl)CC2=O)c1. The molecule has 1 atom stereocenters. The molecule has 34 heavy (non-hydrogen) atoms. The Morgan fingerprint density at radius 3 is 2.35 bits per heavy atom. The maximum Gasteiger partial charge on any atom is 0.311 e. The van der Waals surface area contributed by atoms with E-state index in [2.05, 4.69) is 10.7 Å². The molecule has 1 aliphatic rings. The first kappa shape index (κ1) is 25.1. The summed E-state index contributed by atoms with van der Waals surface area (Å²) in [7, 11) is 2.89. The van der Waals surface area contributed by atoms with Crippen molar-refractivity contribution in [2.45, 2.75) is 6.42 Å². The van der Waals surface area contributed by atoms with E-state index in [1.165, 1.54) is 38.5 Å². The summed E-state index contributed by atoms with van der Waals surface area (Å²) in [6, 6.07) is 9.08. The molecule has 1 saturated heterocycles. The van der Waals surface area contributed by atoms with Gasteiger partial charge in [0.25, 0.3) is 11.8 Å². The Balaban J connectivity index is 1.53. The number of carbonyl (C=O) groups excluding carboxylic acids is 4. The van der Waals surface area contributed by atoms with Gasteiger partial charge < -0.3 is 19.5 Å². The molecule has 0 saturated carbocycles. The second-order valence-corrected chi connectivity index (χ2v) is 8.07. The fourth-order valence-electron chi connectivity index (χ4n) is 3.13. The van der Waals surface area contributed by atoms with Crippen LogP contribution in [0.1, 0.15) is 16.8 Å². The molecule has 0 radical (unpaired) electrons. The van der Waals surface area contributed by atoms with Gasteiger partial charge in [-0.1, -0.05) is 23.2 Å². The van der Waals surface area contributed by atoms with Crippen LogP contribution in [-0.4, -0.2) is 56.1 Å². The minimum atomic E-state index is -0.848. The Kier molecular flexibility index (Phi) is 8.19. The number of hydrogen-bond acceptors (Lipinski definition) is 7. The van der Waals surface area contributed by atoms with Gasteiger partial charge >= 0.3 is 5.97 Å². The standard InChI is InChI=1S/C22H21Cl2N3O7/c1-32-15-5-12(6-16(9-15)33-2)21(30)26-27-10-13(7-20(27)29)22(31)34-11-19(28)25-18-4-3-14(23)8-17(18)24/h3-6,8-9,13H,7,10-11H2,1-2H3,(H,25,28)(H,26,30)/t13-/m0/s1. The second kappa shape index (κ2) is 11.1. The largest absolute Gasteiger partial charge is 0.497 e. The van der Waals surface area contributed by atoms with Gasteiger partial charge in [0.15, 0.2) is 6.61 Å².